The van der Waals surface area contributed by atoms with Gasteiger partial charge in [-0.15, -0.1) is 0 Å². The molecular weight excluding hydrogens is 444 g/mol. The Morgan fingerprint density at radius 3 is 2.53 bits per heavy atom. The molecule has 2 heterocycles. The van der Waals surface area contributed by atoms with Gasteiger partial charge in [0.25, 0.3) is 5.91 Å². The first-order valence-corrected chi connectivity index (χ1v) is 11.7. The third-order valence-corrected chi connectivity index (χ3v) is 6.96. The van der Waals surface area contributed by atoms with Gasteiger partial charge in [-0.3, -0.25) is 24.5 Å². The van der Waals surface area contributed by atoms with Crippen molar-refractivity contribution < 1.29 is 42.2 Å². The van der Waals surface area contributed by atoms with E-state index in [2.05, 4.69) is 5.32 Å². The molecule has 11 nitrogen and oxygen atoms in total. The van der Waals surface area contributed by atoms with Gasteiger partial charge in [0.05, 0.1) is 43.5 Å². The molecule has 2 aliphatic rings. The molecule has 3 amide bonds. The second kappa shape index (κ2) is 10.2. The van der Waals surface area contributed by atoms with Crippen LogP contribution in [-0.4, -0.2) is 80.3 Å². The van der Waals surface area contributed by atoms with E-state index in [0.717, 1.165) is 0 Å². The number of carbonyl (C=O) groups excluding carboxylic acids is 3. The van der Waals surface area contributed by atoms with Gasteiger partial charge in [0.1, 0.15) is 6.04 Å². The number of ether oxygens (including phenoxy) is 2. The molecule has 0 aromatic heterocycles. The van der Waals surface area contributed by atoms with Crippen LogP contribution in [0.25, 0.3) is 0 Å². The predicted octanol–water partition coefficient (Wildman–Crippen LogP) is -0.271. The summed E-state index contributed by atoms with van der Waals surface area (Å²) >= 11 is 0. The first-order valence-electron chi connectivity index (χ1n) is 10.1. The van der Waals surface area contributed by atoms with Gasteiger partial charge in [-0.05, 0) is 18.6 Å². The minimum absolute atomic E-state index is 0.0134. The molecule has 1 aromatic carbocycles. The van der Waals surface area contributed by atoms with Crippen LogP contribution in [0, 0.1) is 0 Å². The summed E-state index contributed by atoms with van der Waals surface area (Å²) < 4.78 is 36.1. The molecule has 1 saturated heterocycles. The summed E-state index contributed by atoms with van der Waals surface area (Å²) in [7, 11) is -3.77. The monoisotopic (exact) mass is 468 g/mol. The Balaban J connectivity index is 1.60. The molecule has 1 atom stereocenters. The molecule has 0 saturated carbocycles. The Hall–Kier alpha value is -2.83. The number of aliphatic carboxylic acids is 1. The zero-order valence-corrected chi connectivity index (χ0v) is 18.1. The fourth-order valence-electron chi connectivity index (χ4n) is 3.61. The largest absolute Gasteiger partial charge is 0.481 e. The van der Waals surface area contributed by atoms with Crippen molar-refractivity contribution in [3.8, 4) is 0 Å². The number of hydrogen-bond acceptors (Lipinski definition) is 8. The van der Waals surface area contributed by atoms with Crippen molar-refractivity contribution in [1.29, 1.82) is 0 Å². The standard InChI is InChI=1S/C20H24N2O9S/c23-17-5-4-15(19(26)21-17)22-12-14-13(20(22)27)2-1-3-16(14)32(28,29)11-10-31-9-8-30-7-6-18(24)25/h1-3,15H,4-12H2,(H,24,25)(H,21,23,26). The Kier molecular flexibility index (Phi) is 7.59. The number of carboxylic acid groups (broad SMARTS) is 1. The summed E-state index contributed by atoms with van der Waals surface area (Å²) in [5.74, 6) is -2.69. The maximum Gasteiger partial charge on any atom is 0.305 e. The Morgan fingerprint density at radius 2 is 1.84 bits per heavy atom. The molecule has 1 unspecified atom stereocenters. The number of imide groups is 1. The number of amides is 3. The topological polar surface area (TPSA) is 156 Å². The third-order valence-electron chi connectivity index (χ3n) is 5.20. The number of fused-ring (bicyclic) bond motifs is 1. The van der Waals surface area contributed by atoms with Crippen LogP contribution in [0.2, 0.25) is 0 Å². The maximum absolute atomic E-state index is 12.9. The van der Waals surface area contributed by atoms with E-state index in [-0.39, 0.29) is 68.4 Å². The smallest absolute Gasteiger partial charge is 0.305 e. The van der Waals surface area contributed by atoms with E-state index in [1.54, 1.807) is 0 Å². The van der Waals surface area contributed by atoms with E-state index < -0.39 is 39.6 Å². The number of carbonyl (C=O) groups is 4. The number of sulfone groups is 1. The van der Waals surface area contributed by atoms with Crippen LogP contribution in [0.4, 0.5) is 0 Å². The molecule has 0 spiro atoms. The molecule has 3 rings (SSSR count). The molecule has 2 aliphatic heterocycles. The van der Waals surface area contributed by atoms with Crippen LogP contribution in [0.15, 0.2) is 23.1 Å². The third kappa shape index (κ3) is 5.50. The summed E-state index contributed by atoms with van der Waals surface area (Å²) in [5.41, 5.74) is 0.558. The van der Waals surface area contributed by atoms with E-state index >= 15 is 0 Å². The lowest BCUT2D eigenvalue weighted by molar-refractivity contribution is -0.139. The lowest BCUT2D eigenvalue weighted by Gasteiger charge is -2.29. The summed E-state index contributed by atoms with van der Waals surface area (Å²) in [6, 6.07) is 3.60. The molecule has 1 aromatic rings. The van der Waals surface area contributed by atoms with Crippen LogP contribution in [0.1, 0.15) is 35.2 Å². The average Bonchev–Trinajstić information content (AvgIpc) is 3.06. The van der Waals surface area contributed by atoms with Crippen LogP contribution in [0.5, 0.6) is 0 Å². The van der Waals surface area contributed by atoms with Gasteiger partial charge in [0.15, 0.2) is 9.84 Å². The molecular formula is C20H24N2O9S. The van der Waals surface area contributed by atoms with Gasteiger partial charge in [-0.1, -0.05) is 6.07 Å². The quantitative estimate of drug-likeness (QED) is 0.329. The van der Waals surface area contributed by atoms with Gasteiger partial charge >= 0.3 is 5.97 Å². The number of carboxylic acids is 1. The van der Waals surface area contributed by atoms with Crippen molar-refractivity contribution in [1.82, 2.24) is 10.2 Å². The molecule has 174 valence electrons. The van der Waals surface area contributed by atoms with Crippen molar-refractivity contribution in [3.05, 3.63) is 29.3 Å². The number of rotatable bonds is 11. The second-order valence-corrected chi connectivity index (χ2v) is 9.45. The fourth-order valence-corrected chi connectivity index (χ4v) is 5.00. The number of benzene rings is 1. The molecule has 12 heteroatoms. The maximum atomic E-state index is 12.9. The molecule has 32 heavy (non-hydrogen) atoms. The highest BCUT2D eigenvalue weighted by Crippen LogP contribution is 2.32. The molecule has 0 radical (unpaired) electrons. The number of hydrogen-bond donors (Lipinski definition) is 2. The molecule has 0 aliphatic carbocycles. The predicted molar refractivity (Wildman–Crippen MR) is 108 cm³/mol. The van der Waals surface area contributed by atoms with E-state index in [1.807, 2.05) is 0 Å². The highest BCUT2D eigenvalue weighted by molar-refractivity contribution is 7.91. The van der Waals surface area contributed by atoms with Gasteiger partial charge in [-0.25, -0.2) is 8.42 Å². The fraction of sp³-hybridized carbons (Fsp3) is 0.500. The Morgan fingerprint density at radius 1 is 1.12 bits per heavy atom. The van der Waals surface area contributed by atoms with Gasteiger partial charge in [0.2, 0.25) is 11.8 Å². The van der Waals surface area contributed by atoms with Crippen molar-refractivity contribution in [3.63, 3.8) is 0 Å². The number of piperidine rings is 1. The zero-order chi connectivity index (χ0) is 23.3. The molecule has 1 fully saturated rings. The van der Waals surface area contributed by atoms with Crippen molar-refractivity contribution in [2.75, 3.05) is 32.2 Å². The highest BCUT2D eigenvalue weighted by Gasteiger charge is 2.40. The average molecular weight is 468 g/mol. The minimum atomic E-state index is -3.77. The lowest BCUT2D eigenvalue weighted by Crippen LogP contribution is -2.52. The van der Waals surface area contributed by atoms with E-state index in [0.29, 0.717) is 5.56 Å². The molecule has 2 N–H and O–H groups in total. The van der Waals surface area contributed by atoms with Crippen LogP contribution >= 0.6 is 0 Å². The number of nitrogens with zero attached hydrogens (tertiary/aromatic N) is 1. The minimum Gasteiger partial charge on any atom is -0.481 e. The Bertz CT molecular complexity index is 1020. The summed E-state index contributed by atoms with van der Waals surface area (Å²) in [6.45, 7) is 0.172. The van der Waals surface area contributed by atoms with Crippen molar-refractivity contribution >= 4 is 33.5 Å². The molecule has 0 bridgehead atoms. The first kappa shape index (κ1) is 23.8. The second-order valence-electron chi connectivity index (χ2n) is 7.37. The van der Waals surface area contributed by atoms with Crippen molar-refractivity contribution in [2.24, 2.45) is 0 Å². The van der Waals surface area contributed by atoms with E-state index in [1.165, 1.54) is 23.1 Å². The lowest BCUT2D eigenvalue weighted by atomic mass is 10.0. The van der Waals surface area contributed by atoms with E-state index in [4.69, 9.17) is 14.6 Å². The highest BCUT2D eigenvalue weighted by atomic mass is 32.2. The SMILES string of the molecule is O=C(O)CCOCCOCCS(=O)(=O)c1cccc2c1CN(C1CCC(=O)NC1=O)C2=O. The first-order chi connectivity index (χ1) is 15.2. The number of nitrogens with one attached hydrogen (secondary N) is 1. The van der Waals surface area contributed by atoms with Gasteiger partial charge < -0.3 is 19.5 Å². The summed E-state index contributed by atoms with van der Waals surface area (Å²) in [6.07, 6.45) is 0.177. The van der Waals surface area contributed by atoms with Crippen LogP contribution in [-0.2, 0) is 40.2 Å². The zero-order valence-electron chi connectivity index (χ0n) is 17.2. The summed E-state index contributed by atoms with van der Waals surface area (Å²) in [5, 5.41) is 10.7. The van der Waals surface area contributed by atoms with Crippen molar-refractivity contribution in [2.45, 2.75) is 36.7 Å². The summed E-state index contributed by atoms with van der Waals surface area (Å²) in [4.78, 5) is 48.1. The van der Waals surface area contributed by atoms with Gasteiger partial charge in [-0.2, -0.15) is 0 Å². The van der Waals surface area contributed by atoms with Crippen LogP contribution < -0.4 is 5.32 Å². The van der Waals surface area contributed by atoms with Gasteiger partial charge in [0, 0.05) is 24.1 Å². The van der Waals surface area contributed by atoms with Crippen LogP contribution in [0.3, 0.4) is 0 Å². The van der Waals surface area contributed by atoms with E-state index in [9.17, 15) is 27.6 Å². The Labute approximate surface area is 184 Å². The normalized spacial score (nSPS) is 18.6.